The lowest BCUT2D eigenvalue weighted by Crippen LogP contribution is -2.58. The van der Waals surface area contributed by atoms with Crippen LogP contribution in [0.1, 0.15) is 52.4 Å². The minimum atomic E-state index is -1.18. The number of hydrogen-bond donors (Lipinski definition) is 8. The van der Waals surface area contributed by atoms with Gasteiger partial charge in [-0.3, -0.25) is 19.2 Å². The summed E-state index contributed by atoms with van der Waals surface area (Å²) in [6, 6.07) is -4.30. The van der Waals surface area contributed by atoms with Crippen LogP contribution < -0.4 is 33.2 Å². The number of unbranched alkanes of at least 4 members (excludes halogenated alkanes) is 1. The average Bonchev–Trinajstić information content (AvgIpc) is 2.77. The van der Waals surface area contributed by atoms with Gasteiger partial charge in [0, 0.05) is 12.2 Å². The van der Waals surface area contributed by atoms with Crippen molar-refractivity contribution >= 4 is 42.2 Å². The average molecular weight is 491 g/mol. The standard InChI is InChI=1S/C20H38N6O6S/c1-3-11(2)16(20(31)32)26-19(30)14(10-33)25-18(29)13(6-4-5-9-21)24-17(28)12(22)7-8-15(23)27/h11-14,16,33H,3-10,21-22H2,1-2H3,(H2,23,27)(H,24,28)(H,25,29)(H,26,30)(H,31,32). The summed E-state index contributed by atoms with van der Waals surface area (Å²) in [5, 5.41) is 16.9. The molecular formula is C20H38N6O6S. The largest absolute Gasteiger partial charge is 0.480 e. The number of carbonyl (C=O) groups excluding carboxylic acids is 4. The van der Waals surface area contributed by atoms with Crippen molar-refractivity contribution in [1.82, 2.24) is 16.0 Å². The minimum Gasteiger partial charge on any atom is -0.480 e. The predicted octanol–water partition coefficient (Wildman–Crippen LogP) is -1.78. The summed E-state index contributed by atoms with van der Waals surface area (Å²) in [4.78, 5) is 60.2. The molecule has 33 heavy (non-hydrogen) atoms. The van der Waals surface area contributed by atoms with Crippen molar-refractivity contribution in [2.75, 3.05) is 12.3 Å². The topological polar surface area (TPSA) is 220 Å². The van der Waals surface area contributed by atoms with Gasteiger partial charge < -0.3 is 38.3 Å². The van der Waals surface area contributed by atoms with Gasteiger partial charge in [0.05, 0.1) is 6.04 Å². The molecule has 5 unspecified atom stereocenters. The molecule has 13 heteroatoms. The quantitative estimate of drug-likeness (QED) is 0.0858. The first-order valence-corrected chi connectivity index (χ1v) is 11.6. The predicted molar refractivity (Wildman–Crippen MR) is 126 cm³/mol. The molecule has 0 aromatic heterocycles. The zero-order valence-corrected chi connectivity index (χ0v) is 20.1. The van der Waals surface area contributed by atoms with Gasteiger partial charge in [-0.05, 0) is 38.1 Å². The van der Waals surface area contributed by atoms with E-state index in [1.165, 1.54) is 0 Å². The van der Waals surface area contributed by atoms with E-state index >= 15 is 0 Å². The highest BCUT2D eigenvalue weighted by molar-refractivity contribution is 7.80. The van der Waals surface area contributed by atoms with Crippen molar-refractivity contribution in [2.24, 2.45) is 23.1 Å². The van der Waals surface area contributed by atoms with Crippen molar-refractivity contribution in [1.29, 1.82) is 0 Å². The first-order valence-electron chi connectivity index (χ1n) is 11.0. The fourth-order valence-corrected chi connectivity index (χ4v) is 3.13. The van der Waals surface area contributed by atoms with Crippen molar-refractivity contribution in [3.8, 4) is 0 Å². The highest BCUT2D eigenvalue weighted by atomic mass is 32.1. The van der Waals surface area contributed by atoms with Gasteiger partial charge in [-0.25, -0.2) is 4.79 Å². The number of nitrogens with two attached hydrogens (primary N) is 3. The second kappa shape index (κ2) is 16.3. The molecule has 0 aliphatic rings. The molecule has 190 valence electrons. The number of aliphatic carboxylic acids is 1. The second-order valence-electron chi connectivity index (χ2n) is 7.91. The summed E-state index contributed by atoms with van der Waals surface area (Å²) in [6.07, 6.45) is 1.84. The SMILES string of the molecule is CCC(C)C(NC(=O)C(CS)NC(=O)C(CCCCN)NC(=O)C(N)CCC(N)=O)C(=O)O. The van der Waals surface area contributed by atoms with E-state index in [1.54, 1.807) is 13.8 Å². The van der Waals surface area contributed by atoms with E-state index in [0.29, 0.717) is 25.8 Å². The molecule has 0 fully saturated rings. The van der Waals surface area contributed by atoms with Crippen LogP contribution in [0.3, 0.4) is 0 Å². The molecule has 0 radical (unpaired) electrons. The molecule has 0 bridgehead atoms. The molecule has 0 saturated heterocycles. The maximum atomic E-state index is 12.8. The second-order valence-corrected chi connectivity index (χ2v) is 8.28. The van der Waals surface area contributed by atoms with E-state index in [1.807, 2.05) is 0 Å². The summed E-state index contributed by atoms with van der Waals surface area (Å²) >= 11 is 4.09. The van der Waals surface area contributed by atoms with Crippen LogP contribution in [-0.4, -0.2) is 71.2 Å². The Kier molecular flexibility index (Phi) is 15.1. The third-order valence-corrected chi connectivity index (χ3v) is 5.58. The number of carboxylic acids is 1. The Bertz CT molecular complexity index is 679. The zero-order chi connectivity index (χ0) is 25.6. The summed E-state index contributed by atoms with van der Waals surface area (Å²) in [5.41, 5.74) is 16.3. The van der Waals surface area contributed by atoms with Gasteiger partial charge in [0.2, 0.25) is 23.6 Å². The number of nitrogens with one attached hydrogen (secondary N) is 3. The zero-order valence-electron chi connectivity index (χ0n) is 19.2. The highest BCUT2D eigenvalue weighted by Crippen LogP contribution is 2.09. The van der Waals surface area contributed by atoms with Crippen molar-refractivity contribution in [3.63, 3.8) is 0 Å². The molecule has 0 aromatic carbocycles. The van der Waals surface area contributed by atoms with E-state index in [0.717, 1.165) is 0 Å². The fraction of sp³-hybridized carbons (Fsp3) is 0.750. The molecular weight excluding hydrogens is 452 g/mol. The fourth-order valence-electron chi connectivity index (χ4n) is 2.87. The normalized spacial score (nSPS) is 15.4. The molecule has 4 amide bonds. The van der Waals surface area contributed by atoms with Gasteiger partial charge in [0.1, 0.15) is 18.1 Å². The Hall–Kier alpha value is -2.38. The lowest BCUT2D eigenvalue weighted by molar-refractivity contribution is -0.143. The Balaban J connectivity index is 5.27. The Morgan fingerprint density at radius 2 is 1.52 bits per heavy atom. The van der Waals surface area contributed by atoms with Crippen LogP contribution in [0, 0.1) is 5.92 Å². The summed E-state index contributed by atoms with van der Waals surface area (Å²) in [5.74, 6) is -4.18. The lowest BCUT2D eigenvalue weighted by atomic mass is 9.99. The Morgan fingerprint density at radius 3 is 2.00 bits per heavy atom. The molecule has 0 rings (SSSR count). The summed E-state index contributed by atoms with van der Waals surface area (Å²) in [6.45, 7) is 3.89. The van der Waals surface area contributed by atoms with Gasteiger partial charge in [0.15, 0.2) is 0 Å². The van der Waals surface area contributed by atoms with Gasteiger partial charge >= 0.3 is 5.97 Å². The number of carbonyl (C=O) groups is 5. The molecule has 0 aliphatic carbocycles. The first kappa shape index (κ1) is 30.6. The van der Waals surface area contributed by atoms with E-state index in [2.05, 4.69) is 28.6 Å². The van der Waals surface area contributed by atoms with Gasteiger partial charge in [0.25, 0.3) is 0 Å². The summed E-state index contributed by atoms with van der Waals surface area (Å²) in [7, 11) is 0. The molecule has 10 N–H and O–H groups in total. The Morgan fingerprint density at radius 1 is 0.939 bits per heavy atom. The van der Waals surface area contributed by atoms with E-state index in [4.69, 9.17) is 17.2 Å². The smallest absolute Gasteiger partial charge is 0.326 e. The molecule has 5 atom stereocenters. The number of amides is 4. The molecule has 0 aromatic rings. The van der Waals surface area contributed by atoms with Gasteiger partial charge in [-0.1, -0.05) is 20.3 Å². The van der Waals surface area contributed by atoms with Crippen molar-refractivity contribution in [3.05, 3.63) is 0 Å². The lowest BCUT2D eigenvalue weighted by Gasteiger charge is -2.26. The van der Waals surface area contributed by atoms with E-state index in [-0.39, 0.29) is 30.9 Å². The number of primary amides is 1. The molecule has 12 nitrogen and oxygen atoms in total. The van der Waals surface area contributed by atoms with Crippen molar-refractivity contribution < 1.29 is 29.1 Å². The van der Waals surface area contributed by atoms with Crippen molar-refractivity contribution in [2.45, 2.75) is 76.5 Å². The van der Waals surface area contributed by atoms with Crippen LogP contribution >= 0.6 is 12.6 Å². The van der Waals surface area contributed by atoms with Crippen LogP contribution in [0.5, 0.6) is 0 Å². The molecule has 0 heterocycles. The van der Waals surface area contributed by atoms with E-state index < -0.39 is 53.8 Å². The number of carboxylic acid groups (broad SMARTS) is 1. The maximum Gasteiger partial charge on any atom is 0.326 e. The van der Waals surface area contributed by atoms with E-state index in [9.17, 15) is 29.1 Å². The Labute approximate surface area is 199 Å². The van der Waals surface area contributed by atoms with Crippen LogP contribution in [0.4, 0.5) is 0 Å². The van der Waals surface area contributed by atoms with Crippen LogP contribution in [-0.2, 0) is 24.0 Å². The first-order chi connectivity index (χ1) is 15.5. The summed E-state index contributed by atoms with van der Waals surface area (Å²) < 4.78 is 0. The molecule has 0 saturated carbocycles. The molecule has 0 aliphatic heterocycles. The number of hydrogen-bond acceptors (Lipinski definition) is 8. The maximum absolute atomic E-state index is 12.8. The third kappa shape index (κ3) is 11.9. The van der Waals surface area contributed by atoms with Gasteiger partial charge in [-0.15, -0.1) is 0 Å². The highest BCUT2D eigenvalue weighted by Gasteiger charge is 2.31. The third-order valence-electron chi connectivity index (χ3n) is 5.21. The monoisotopic (exact) mass is 490 g/mol. The number of rotatable bonds is 17. The van der Waals surface area contributed by atoms with Crippen LogP contribution in [0.25, 0.3) is 0 Å². The van der Waals surface area contributed by atoms with Crippen LogP contribution in [0.2, 0.25) is 0 Å². The minimum absolute atomic E-state index is 0.0200. The van der Waals surface area contributed by atoms with Crippen LogP contribution in [0.15, 0.2) is 0 Å². The van der Waals surface area contributed by atoms with Gasteiger partial charge in [-0.2, -0.15) is 12.6 Å². The molecule has 0 spiro atoms. The number of thiol groups is 1.